The Labute approximate surface area is 200 Å². The first-order valence-electron chi connectivity index (χ1n) is 9.99. The fourth-order valence-corrected chi connectivity index (χ4v) is 5.76. The number of non-ortho nitro benzene ring substituents is 1. The number of thiophene rings is 1. The number of benzene rings is 2. The Balaban J connectivity index is 1.48. The number of thiazole rings is 1. The number of fused-ring (bicyclic) bond motifs is 2. The van der Waals surface area contributed by atoms with Crippen molar-refractivity contribution in [2.24, 2.45) is 0 Å². The van der Waals surface area contributed by atoms with E-state index >= 15 is 0 Å². The first kappa shape index (κ1) is 21.5. The van der Waals surface area contributed by atoms with Gasteiger partial charge in [-0.05, 0) is 36.8 Å². The molecule has 3 heterocycles. The number of carbonyl (C=O) groups is 1. The molecule has 5 rings (SSSR count). The highest BCUT2D eigenvalue weighted by Crippen LogP contribution is 2.34. The second-order valence-corrected chi connectivity index (χ2v) is 9.84. The van der Waals surface area contributed by atoms with Gasteiger partial charge >= 0.3 is 0 Å². The number of halogens is 1. The maximum atomic E-state index is 13.6. The summed E-state index contributed by atoms with van der Waals surface area (Å²) < 4.78 is 3.68. The van der Waals surface area contributed by atoms with Crippen LogP contribution in [0.3, 0.4) is 0 Å². The summed E-state index contributed by atoms with van der Waals surface area (Å²) in [6, 6.07) is 11.8. The normalized spacial score (nSPS) is 11.3. The number of nitro groups is 1. The van der Waals surface area contributed by atoms with Gasteiger partial charge < -0.3 is 4.57 Å². The van der Waals surface area contributed by atoms with Crippen LogP contribution in [0.4, 0.5) is 10.8 Å². The van der Waals surface area contributed by atoms with Crippen LogP contribution in [0, 0.1) is 10.1 Å². The maximum absolute atomic E-state index is 13.6. The molecule has 2 aromatic carbocycles. The zero-order valence-corrected chi connectivity index (χ0v) is 19.4. The molecule has 0 N–H and O–H groups in total. The Morgan fingerprint density at radius 2 is 2.03 bits per heavy atom. The van der Waals surface area contributed by atoms with Gasteiger partial charge in [-0.25, -0.2) is 9.97 Å². The number of anilines is 1. The summed E-state index contributed by atoms with van der Waals surface area (Å²) in [7, 11) is 0. The molecule has 0 atom stereocenters. The van der Waals surface area contributed by atoms with Crippen LogP contribution in [0.2, 0.25) is 5.02 Å². The van der Waals surface area contributed by atoms with Crippen LogP contribution >= 0.6 is 34.3 Å². The van der Waals surface area contributed by atoms with Crippen LogP contribution in [-0.2, 0) is 6.54 Å². The van der Waals surface area contributed by atoms with Crippen molar-refractivity contribution in [2.45, 2.75) is 13.0 Å². The topological polar surface area (TPSA) is 94.2 Å². The SMILES string of the molecule is O=C(c1cc2cc([N+](=O)[O-])ccc2s1)N(CCCn1ccnc1)c1nc2ccc(Cl)cc2s1. The van der Waals surface area contributed by atoms with Crippen LogP contribution in [0.15, 0.2) is 61.2 Å². The van der Waals surface area contributed by atoms with Crippen molar-refractivity contribution in [2.75, 3.05) is 11.4 Å². The molecule has 0 aliphatic rings. The number of carbonyl (C=O) groups excluding carboxylic acids is 1. The molecule has 0 saturated carbocycles. The molecule has 11 heteroatoms. The predicted molar refractivity (Wildman–Crippen MR) is 132 cm³/mol. The molecular weight excluding hydrogens is 482 g/mol. The van der Waals surface area contributed by atoms with E-state index in [1.54, 1.807) is 35.6 Å². The zero-order chi connectivity index (χ0) is 22.9. The highest BCUT2D eigenvalue weighted by molar-refractivity contribution is 7.23. The van der Waals surface area contributed by atoms with Crippen molar-refractivity contribution in [1.82, 2.24) is 14.5 Å². The summed E-state index contributed by atoms with van der Waals surface area (Å²) in [5.74, 6) is -0.186. The molecule has 166 valence electrons. The van der Waals surface area contributed by atoms with Gasteiger partial charge in [-0.2, -0.15) is 0 Å². The van der Waals surface area contributed by atoms with Crippen LogP contribution in [0.1, 0.15) is 16.1 Å². The summed E-state index contributed by atoms with van der Waals surface area (Å²) in [6.45, 7) is 1.16. The van der Waals surface area contributed by atoms with Gasteiger partial charge in [0.25, 0.3) is 11.6 Å². The summed E-state index contributed by atoms with van der Waals surface area (Å²) >= 11 is 8.86. The van der Waals surface area contributed by atoms with Gasteiger partial charge in [0.2, 0.25) is 0 Å². The molecule has 0 unspecified atom stereocenters. The number of nitrogens with zero attached hydrogens (tertiary/aromatic N) is 5. The quantitative estimate of drug-likeness (QED) is 0.203. The summed E-state index contributed by atoms with van der Waals surface area (Å²) in [5, 5.41) is 13.0. The van der Waals surface area contributed by atoms with Gasteiger partial charge in [0.1, 0.15) is 0 Å². The Morgan fingerprint density at radius 1 is 1.15 bits per heavy atom. The molecule has 0 fully saturated rings. The average Bonchev–Trinajstić information content (AvgIpc) is 3.54. The van der Waals surface area contributed by atoms with Crippen molar-refractivity contribution in [1.29, 1.82) is 0 Å². The lowest BCUT2D eigenvalue weighted by molar-refractivity contribution is -0.384. The molecular formula is C22H16ClN5O3S2. The van der Waals surface area contributed by atoms with E-state index in [4.69, 9.17) is 11.6 Å². The molecule has 3 aromatic heterocycles. The van der Waals surface area contributed by atoms with Crippen LogP contribution < -0.4 is 4.90 Å². The van der Waals surface area contributed by atoms with Crippen molar-refractivity contribution in [3.63, 3.8) is 0 Å². The number of nitro benzene ring substituents is 1. The van der Waals surface area contributed by atoms with E-state index in [-0.39, 0.29) is 11.6 Å². The minimum Gasteiger partial charge on any atom is -0.337 e. The van der Waals surface area contributed by atoms with Gasteiger partial charge in [0.05, 0.1) is 26.3 Å². The highest BCUT2D eigenvalue weighted by Gasteiger charge is 2.23. The Morgan fingerprint density at radius 3 is 2.82 bits per heavy atom. The lowest BCUT2D eigenvalue weighted by atomic mass is 10.2. The Hall–Kier alpha value is -3.34. The summed E-state index contributed by atoms with van der Waals surface area (Å²) in [4.78, 5) is 35.2. The second kappa shape index (κ2) is 8.89. The summed E-state index contributed by atoms with van der Waals surface area (Å²) in [5.41, 5.74) is 0.776. The third-order valence-electron chi connectivity index (χ3n) is 5.09. The monoisotopic (exact) mass is 497 g/mol. The number of imidazole rings is 1. The molecule has 0 aliphatic heterocycles. The van der Waals surface area contributed by atoms with Gasteiger partial charge in [-0.1, -0.05) is 22.9 Å². The smallest absolute Gasteiger partial charge is 0.270 e. The minimum absolute atomic E-state index is 0.000427. The largest absolute Gasteiger partial charge is 0.337 e. The number of aryl methyl sites for hydroxylation is 1. The third kappa shape index (κ3) is 4.45. The highest BCUT2D eigenvalue weighted by atomic mass is 35.5. The predicted octanol–water partition coefficient (Wildman–Crippen LogP) is 6.01. The second-order valence-electron chi connectivity index (χ2n) is 7.31. The van der Waals surface area contributed by atoms with Crippen molar-refractivity contribution in [3.05, 3.63) is 81.2 Å². The number of rotatable bonds is 7. The van der Waals surface area contributed by atoms with E-state index in [9.17, 15) is 14.9 Å². The molecule has 0 saturated heterocycles. The van der Waals surface area contributed by atoms with Crippen molar-refractivity contribution in [3.8, 4) is 0 Å². The van der Waals surface area contributed by atoms with Gasteiger partial charge in [-0.3, -0.25) is 19.8 Å². The molecule has 5 aromatic rings. The lowest BCUT2D eigenvalue weighted by Crippen LogP contribution is -2.31. The van der Waals surface area contributed by atoms with Crippen LogP contribution in [-0.4, -0.2) is 31.9 Å². The first-order chi connectivity index (χ1) is 16.0. The standard InChI is InChI=1S/C22H16ClN5O3S2/c23-15-2-4-17-19(12-15)33-22(25-17)27(8-1-7-26-9-6-24-13-26)21(29)20-11-14-10-16(28(30)31)3-5-18(14)32-20/h2-6,9-13H,1,7-8H2. The van der Waals surface area contributed by atoms with Gasteiger partial charge in [0.15, 0.2) is 5.13 Å². The van der Waals surface area contributed by atoms with Crippen LogP contribution in [0.25, 0.3) is 20.3 Å². The van der Waals surface area contributed by atoms with E-state index in [1.807, 2.05) is 22.9 Å². The van der Waals surface area contributed by atoms with E-state index in [0.717, 1.165) is 14.9 Å². The number of amides is 1. The van der Waals surface area contributed by atoms with Gasteiger partial charge in [0, 0.05) is 52.7 Å². The minimum atomic E-state index is -0.437. The van der Waals surface area contributed by atoms with E-state index in [2.05, 4.69) is 9.97 Å². The molecule has 1 amide bonds. The van der Waals surface area contributed by atoms with Crippen molar-refractivity contribution < 1.29 is 9.72 Å². The van der Waals surface area contributed by atoms with Crippen LogP contribution in [0.5, 0.6) is 0 Å². The fraction of sp³-hybridized carbons (Fsp3) is 0.136. The fourth-order valence-electron chi connectivity index (χ4n) is 3.50. The number of hydrogen-bond donors (Lipinski definition) is 0. The molecule has 0 aliphatic carbocycles. The van der Waals surface area contributed by atoms with E-state index < -0.39 is 4.92 Å². The molecule has 0 radical (unpaired) electrons. The maximum Gasteiger partial charge on any atom is 0.270 e. The molecule has 0 spiro atoms. The summed E-state index contributed by atoms with van der Waals surface area (Å²) in [6.07, 6.45) is 6.04. The third-order valence-corrected chi connectivity index (χ3v) is 7.47. The van der Waals surface area contributed by atoms with E-state index in [1.165, 1.54) is 34.8 Å². The van der Waals surface area contributed by atoms with Gasteiger partial charge in [-0.15, -0.1) is 11.3 Å². The lowest BCUT2D eigenvalue weighted by Gasteiger charge is -2.19. The molecule has 0 bridgehead atoms. The van der Waals surface area contributed by atoms with Crippen molar-refractivity contribution >= 4 is 71.3 Å². The average molecular weight is 498 g/mol. The number of aromatic nitrogens is 3. The molecule has 33 heavy (non-hydrogen) atoms. The zero-order valence-electron chi connectivity index (χ0n) is 17.1. The van der Waals surface area contributed by atoms with E-state index in [0.29, 0.717) is 39.9 Å². The number of hydrogen-bond acceptors (Lipinski definition) is 7. The first-order valence-corrected chi connectivity index (χ1v) is 12.0. The Kier molecular flexibility index (Phi) is 5.79. The molecule has 8 nitrogen and oxygen atoms in total. The Bertz CT molecular complexity index is 1480.